The molecule has 0 saturated carbocycles. The van der Waals surface area contributed by atoms with Crippen LogP contribution < -0.4 is 10.9 Å². The maximum absolute atomic E-state index is 12.7. The Labute approximate surface area is 162 Å². The smallest absolute Gasteiger partial charge is 0.268 e. The fourth-order valence-corrected chi connectivity index (χ4v) is 4.99. The summed E-state index contributed by atoms with van der Waals surface area (Å²) < 4.78 is 1.67. The largest absolute Gasteiger partial charge is 0.325 e. The van der Waals surface area contributed by atoms with E-state index in [0.717, 1.165) is 33.8 Å². The number of nitrogens with zero attached hydrogens (tertiary/aromatic N) is 2. The highest BCUT2D eigenvalue weighted by atomic mass is 32.2. The van der Waals surface area contributed by atoms with Gasteiger partial charge in [0, 0.05) is 23.9 Å². The number of carbonyl (C=O) groups excluding carboxylic acids is 1. The summed E-state index contributed by atoms with van der Waals surface area (Å²) in [4.78, 5) is 30.4. The summed E-state index contributed by atoms with van der Waals surface area (Å²) in [6.07, 6.45) is 0.808. The summed E-state index contributed by atoms with van der Waals surface area (Å²) in [5.74, 6) is 0.128. The van der Waals surface area contributed by atoms with E-state index in [1.54, 1.807) is 16.3 Å². The van der Waals surface area contributed by atoms with Crippen LogP contribution in [0.5, 0.6) is 0 Å². The monoisotopic (exact) mass is 389 g/mol. The Morgan fingerprint density at radius 1 is 1.42 bits per heavy atom. The molecule has 7 heteroatoms. The lowest BCUT2D eigenvalue weighted by atomic mass is 10.1. The molecule has 0 fully saturated rings. The first-order valence-corrected chi connectivity index (χ1v) is 10.6. The van der Waals surface area contributed by atoms with E-state index in [4.69, 9.17) is 0 Å². The highest BCUT2D eigenvalue weighted by Gasteiger charge is 2.26. The van der Waals surface area contributed by atoms with Crippen molar-refractivity contribution < 1.29 is 4.79 Å². The molecule has 1 amide bonds. The Kier molecular flexibility index (Phi) is 5.77. The average molecular weight is 390 g/mol. The highest BCUT2D eigenvalue weighted by Crippen LogP contribution is 2.34. The van der Waals surface area contributed by atoms with Crippen molar-refractivity contribution in [2.45, 2.75) is 56.0 Å². The number of hydrogen-bond donors (Lipinski definition) is 1. The van der Waals surface area contributed by atoms with E-state index in [1.807, 2.05) is 39.0 Å². The van der Waals surface area contributed by atoms with Gasteiger partial charge < -0.3 is 5.32 Å². The van der Waals surface area contributed by atoms with Crippen molar-refractivity contribution >= 4 is 35.1 Å². The highest BCUT2D eigenvalue weighted by molar-refractivity contribution is 8.00. The van der Waals surface area contributed by atoms with Crippen molar-refractivity contribution in [1.29, 1.82) is 0 Å². The molecule has 1 aliphatic heterocycles. The molecule has 1 N–H and O–H groups in total. The van der Waals surface area contributed by atoms with E-state index >= 15 is 0 Å². The summed E-state index contributed by atoms with van der Waals surface area (Å²) in [6, 6.07) is 5.94. The predicted molar refractivity (Wildman–Crippen MR) is 108 cm³/mol. The van der Waals surface area contributed by atoms with Gasteiger partial charge in [-0.1, -0.05) is 36.4 Å². The van der Waals surface area contributed by atoms with Crippen LogP contribution in [-0.2, 0) is 17.8 Å². The lowest BCUT2D eigenvalue weighted by molar-refractivity contribution is -0.113. The third-order valence-corrected chi connectivity index (χ3v) is 6.46. The molecular weight excluding hydrogens is 366 g/mol. The minimum absolute atomic E-state index is 0.0177. The predicted octanol–water partition coefficient (Wildman–Crippen LogP) is 3.65. The number of nitrogens with one attached hydrogen (secondary N) is 1. The van der Waals surface area contributed by atoms with Crippen LogP contribution in [0, 0.1) is 13.8 Å². The zero-order chi connectivity index (χ0) is 18.8. The molecule has 1 aromatic carbocycles. The van der Waals surface area contributed by atoms with E-state index in [2.05, 4.69) is 17.2 Å². The van der Waals surface area contributed by atoms with E-state index in [9.17, 15) is 9.59 Å². The van der Waals surface area contributed by atoms with Crippen LogP contribution in [0.4, 0.5) is 5.69 Å². The van der Waals surface area contributed by atoms with Gasteiger partial charge >= 0.3 is 0 Å². The Hall–Kier alpha value is -1.73. The van der Waals surface area contributed by atoms with Gasteiger partial charge in [0.15, 0.2) is 5.16 Å². The molecule has 0 bridgehead atoms. The van der Waals surface area contributed by atoms with Crippen LogP contribution in [0.15, 0.2) is 33.0 Å². The van der Waals surface area contributed by atoms with Gasteiger partial charge in [-0.05, 0) is 32.4 Å². The molecular formula is C19H23N3O2S2. The molecule has 138 valence electrons. The third-order valence-electron chi connectivity index (χ3n) is 4.27. The van der Waals surface area contributed by atoms with E-state index < -0.39 is 0 Å². The van der Waals surface area contributed by atoms with Crippen LogP contribution in [0.25, 0.3) is 0 Å². The number of fused-ring (bicyclic) bond motifs is 1. The van der Waals surface area contributed by atoms with Crippen LogP contribution in [-0.4, -0.2) is 26.5 Å². The van der Waals surface area contributed by atoms with Crippen LogP contribution in [0.2, 0.25) is 0 Å². The van der Waals surface area contributed by atoms with Crippen LogP contribution >= 0.6 is 23.5 Å². The SMILES string of the molecule is CCn1c(SCC(=O)Nc2ccc(C)cc2C)nc2c(c1=O)SC(C)C2. The normalized spacial score (nSPS) is 15.8. The first-order chi connectivity index (χ1) is 12.4. The average Bonchev–Trinajstić information content (AvgIpc) is 2.96. The number of hydrogen-bond acceptors (Lipinski definition) is 5. The molecule has 3 rings (SSSR count). The van der Waals surface area contributed by atoms with Gasteiger partial charge in [0.2, 0.25) is 5.91 Å². The second kappa shape index (κ2) is 7.88. The quantitative estimate of drug-likeness (QED) is 0.625. The van der Waals surface area contributed by atoms with Crippen molar-refractivity contribution in [1.82, 2.24) is 9.55 Å². The molecule has 26 heavy (non-hydrogen) atoms. The molecule has 0 aliphatic carbocycles. The number of aromatic nitrogens is 2. The number of thioether (sulfide) groups is 2. The van der Waals surface area contributed by atoms with Gasteiger partial charge in [-0.15, -0.1) is 11.8 Å². The van der Waals surface area contributed by atoms with Crippen LogP contribution in [0.1, 0.15) is 30.7 Å². The van der Waals surface area contributed by atoms with Gasteiger partial charge in [0.1, 0.15) is 0 Å². The Morgan fingerprint density at radius 2 is 2.19 bits per heavy atom. The Balaban J connectivity index is 1.73. The minimum Gasteiger partial charge on any atom is -0.325 e. The first kappa shape index (κ1) is 19.0. The summed E-state index contributed by atoms with van der Waals surface area (Å²) in [7, 11) is 0. The number of aryl methyl sites for hydroxylation is 2. The molecule has 0 spiro atoms. The summed E-state index contributed by atoms with van der Waals surface area (Å²) in [6.45, 7) is 8.59. The molecule has 1 aliphatic rings. The zero-order valence-corrected chi connectivity index (χ0v) is 17.1. The number of carbonyl (C=O) groups is 1. The maximum atomic E-state index is 12.7. The molecule has 1 unspecified atom stereocenters. The maximum Gasteiger partial charge on any atom is 0.268 e. The second-order valence-electron chi connectivity index (χ2n) is 6.51. The van der Waals surface area contributed by atoms with Gasteiger partial charge in [-0.2, -0.15) is 0 Å². The summed E-state index contributed by atoms with van der Waals surface area (Å²) >= 11 is 2.92. The fraction of sp³-hybridized carbons (Fsp3) is 0.421. The standard InChI is InChI=1S/C19H23N3O2S2/c1-5-22-18(24)17-15(9-13(4)26-17)21-19(22)25-10-16(23)20-14-7-6-11(2)8-12(14)3/h6-8,13H,5,9-10H2,1-4H3,(H,20,23). The van der Waals surface area contributed by atoms with Crippen molar-refractivity contribution in [2.75, 3.05) is 11.1 Å². The van der Waals surface area contributed by atoms with Crippen LogP contribution in [0.3, 0.4) is 0 Å². The molecule has 1 atom stereocenters. The van der Waals surface area contributed by atoms with Gasteiger partial charge in [0.05, 0.1) is 16.3 Å². The van der Waals surface area contributed by atoms with E-state index in [-0.39, 0.29) is 17.2 Å². The zero-order valence-electron chi connectivity index (χ0n) is 15.5. The van der Waals surface area contributed by atoms with Gasteiger partial charge in [-0.3, -0.25) is 14.2 Å². The van der Waals surface area contributed by atoms with Gasteiger partial charge in [0.25, 0.3) is 5.56 Å². The Morgan fingerprint density at radius 3 is 2.88 bits per heavy atom. The number of anilines is 1. The van der Waals surface area contributed by atoms with Crippen molar-refractivity contribution in [2.24, 2.45) is 0 Å². The van der Waals surface area contributed by atoms with Crippen molar-refractivity contribution in [3.63, 3.8) is 0 Å². The molecule has 0 saturated heterocycles. The molecule has 1 aromatic heterocycles. The van der Waals surface area contributed by atoms with Crippen molar-refractivity contribution in [3.05, 3.63) is 45.4 Å². The molecule has 2 heterocycles. The minimum atomic E-state index is -0.0953. The van der Waals surface area contributed by atoms with E-state index in [0.29, 0.717) is 17.0 Å². The second-order valence-corrected chi connectivity index (χ2v) is 8.90. The Bertz CT molecular complexity index is 908. The molecule has 5 nitrogen and oxygen atoms in total. The lowest BCUT2D eigenvalue weighted by Crippen LogP contribution is -2.25. The molecule has 2 aromatic rings. The summed E-state index contributed by atoms with van der Waals surface area (Å²) in [5, 5.41) is 3.95. The third kappa shape index (κ3) is 3.99. The number of amides is 1. The lowest BCUT2D eigenvalue weighted by Gasteiger charge is -2.12. The topological polar surface area (TPSA) is 64.0 Å². The first-order valence-electron chi connectivity index (χ1n) is 8.69. The van der Waals surface area contributed by atoms with Gasteiger partial charge in [-0.25, -0.2) is 4.98 Å². The fourth-order valence-electron chi connectivity index (χ4n) is 2.99. The summed E-state index contributed by atoms with van der Waals surface area (Å²) in [5.41, 5.74) is 3.91. The number of benzene rings is 1. The number of rotatable bonds is 5. The van der Waals surface area contributed by atoms with Crippen molar-refractivity contribution in [3.8, 4) is 0 Å². The van der Waals surface area contributed by atoms with E-state index in [1.165, 1.54) is 11.8 Å². The molecule has 0 radical (unpaired) electrons.